The zero-order valence-corrected chi connectivity index (χ0v) is 10.6. The largest absolute Gasteiger partial charge is 0.481 e. The van der Waals surface area contributed by atoms with Crippen LogP contribution in [0.1, 0.15) is 36.7 Å². The summed E-state index contributed by atoms with van der Waals surface area (Å²) >= 11 is 0. The number of carbonyl (C=O) groups excluding carboxylic acids is 1. The summed E-state index contributed by atoms with van der Waals surface area (Å²) in [6.07, 6.45) is 4.91. The lowest BCUT2D eigenvalue weighted by Gasteiger charge is -2.28. The summed E-state index contributed by atoms with van der Waals surface area (Å²) in [7, 11) is 0. The van der Waals surface area contributed by atoms with Crippen molar-refractivity contribution >= 4 is 17.7 Å². The molecule has 0 radical (unpaired) electrons. The molecule has 1 aliphatic rings. The molecule has 1 amide bonds. The van der Waals surface area contributed by atoms with E-state index in [4.69, 9.17) is 5.73 Å². The fraction of sp³-hybridized carbons (Fsp3) is 0.500. The van der Waals surface area contributed by atoms with Crippen molar-refractivity contribution in [3.05, 3.63) is 18.1 Å². The first-order valence-electron chi connectivity index (χ1n) is 6.06. The zero-order valence-electron chi connectivity index (χ0n) is 10.6. The Kier molecular flexibility index (Phi) is 3.37. The molecule has 0 bridgehead atoms. The smallest absolute Gasteiger partial charge is 0.311 e. The van der Waals surface area contributed by atoms with E-state index in [1.807, 2.05) is 0 Å². The summed E-state index contributed by atoms with van der Waals surface area (Å²) in [5.41, 5.74) is 4.38. The lowest BCUT2D eigenvalue weighted by molar-refractivity contribution is -0.147. The van der Waals surface area contributed by atoms with E-state index < -0.39 is 17.3 Å². The van der Waals surface area contributed by atoms with E-state index in [1.165, 1.54) is 12.4 Å². The maximum atomic E-state index is 11.4. The van der Waals surface area contributed by atoms with Gasteiger partial charge in [0.25, 0.3) is 5.91 Å². The van der Waals surface area contributed by atoms with Crippen LogP contribution in [0.3, 0.4) is 0 Å². The van der Waals surface area contributed by atoms with Gasteiger partial charge in [0.05, 0.1) is 5.41 Å². The van der Waals surface area contributed by atoms with Crippen molar-refractivity contribution < 1.29 is 14.7 Å². The van der Waals surface area contributed by atoms with Gasteiger partial charge in [0, 0.05) is 18.4 Å². The molecule has 0 saturated heterocycles. The maximum Gasteiger partial charge on any atom is 0.311 e. The molecule has 2 atom stereocenters. The number of carboxylic acid groups (broad SMARTS) is 1. The molecule has 0 aliphatic heterocycles. The molecule has 102 valence electrons. The molecule has 2 rings (SSSR count). The molecule has 19 heavy (non-hydrogen) atoms. The van der Waals surface area contributed by atoms with Crippen molar-refractivity contribution in [2.24, 2.45) is 11.1 Å². The molecule has 1 aromatic heterocycles. The van der Waals surface area contributed by atoms with Gasteiger partial charge in [-0.25, -0.2) is 9.97 Å². The first kappa shape index (κ1) is 13.3. The van der Waals surface area contributed by atoms with E-state index >= 15 is 0 Å². The van der Waals surface area contributed by atoms with Crippen LogP contribution in [0.5, 0.6) is 0 Å². The molecule has 4 N–H and O–H groups in total. The van der Waals surface area contributed by atoms with Crippen LogP contribution in [0.2, 0.25) is 0 Å². The second kappa shape index (κ2) is 4.83. The maximum absolute atomic E-state index is 11.4. The van der Waals surface area contributed by atoms with Crippen LogP contribution in [-0.2, 0) is 4.79 Å². The van der Waals surface area contributed by atoms with Gasteiger partial charge in [-0.3, -0.25) is 9.59 Å². The van der Waals surface area contributed by atoms with Crippen molar-refractivity contribution in [3.8, 4) is 0 Å². The predicted octanol–water partition coefficient (Wildman–Crippen LogP) is 0.631. The Hall–Kier alpha value is -2.18. The topological polar surface area (TPSA) is 118 Å². The lowest BCUT2D eigenvalue weighted by atomic mass is 9.85. The minimum Gasteiger partial charge on any atom is -0.481 e. The van der Waals surface area contributed by atoms with Gasteiger partial charge in [0.15, 0.2) is 11.5 Å². The summed E-state index contributed by atoms with van der Waals surface area (Å²) in [4.78, 5) is 30.5. The summed E-state index contributed by atoms with van der Waals surface area (Å²) < 4.78 is 0. The Labute approximate surface area is 110 Å². The molecule has 1 heterocycles. The minimum atomic E-state index is -0.869. The second-order valence-electron chi connectivity index (χ2n) is 4.93. The number of nitrogens with zero attached hydrogens (tertiary/aromatic N) is 2. The van der Waals surface area contributed by atoms with E-state index in [0.717, 1.165) is 6.42 Å². The van der Waals surface area contributed by atoms with E-state index in [9.17, 15) is 14.7 Å². The van der Waals surface area contributed by atoms with Crippen LogP contribution >= 0.6 is 0 Å². The number of amides is 1. The normalized spacial score (nSPS) is 26.1. The highest BCUT2D eigenvalue weighted by Crippen LogP contribution is 2.39. The number of hydrogen-bond donors (Lipinski definition) is 3. The first-order valence-corrected chi connectivity index (χ1v) is 6.06. The number of carbonyl (C=O) groups is 2. The second-order valence-corrected chi connectivity index (χ2v) is 4.93. The van der Waals surface area contributed by atoms with Crippen LogP contribution in [0.15, 0.2) is 12.4 Å². The number of aliphatic carboxylic acids is 1. The predicted molar refractivity (Wildman–Crippen MR) is 67.6 cm³/mol. The third-order valence-electron chi connectivity index (χ3n) is 3.69. The van der Waals surface area contributed by atoms with E-state index in [-0.39, 0.29) is 17.6 Å². The average Bonchev–Trinajstić information content (AvgIpc) is 2.73. The molecule has 1 saturated carbocycles. The number of carboxylic acids is 1. The molecule has 0 spiro atoms. The number of primary amides is 1. The van der Waals surface area contributed by atoms with E-state index in [0.29, 0.717) is 12.8 Å². The van der Waals surface area contributed by atoms with Crippen LogP contribution in [0.25, 0.3) is 0 Å². The molecular formula is C12H16N4O3. The summed E-state index contributed by atoms with van der Waals surface area (Å²) in [6.45, 7) is 1.69. The minimum absolute atomic E-state index is 0.0298. The third-order valence-corrected chi connectivity index (χ3v) is 3.69. The van der Waals surface area contributed by atoms with Crippen LogP contribution in [0, 0.1) is 5.41 Å². The van der Waals surface area contributed by atoms with Gasteiger partial charge in [-0.05, 0) is 19.8 Å². The number of anilines is 1. The van der Waals surface area contributed by atoms with Crippen molar-refractivity contribution in [1.29, 1.82) is 0 Å². The quantitative estimate of drug-likeness (QED) is 0.734. The Morgan fingerprint density at radius 1 is 1.47 bits per heavy atom. The highest BCUT2D eigenvalue weighted by Gasteiger charge is 2.45. The van der Waals surface area contributed by atoms with Gasteiger partial charge in [-0.1, -0.05) is 6.42 Å². The van der Waals surface area contributed by atoms with Gasteiger partial charge in [0.2, 0.25) is 0 Å². The molecule has 1 aromatic rings. The molecule has 1 fully saturated rings. The Balaban J connectivity index is 2.27. The van der Waals surface area contributed by atoms with Crippen LogP contribution < -0.4 is 11.1 Å². The Bertz CT molecular complexity index is 519. The number of hydrogen-bond acceptors (Lipinski definition) is 5. The molecule has 0 aromatic carbocycles. The van der Waals surface area contributed by atoms with Gasteiger partial charge in [-0.15, -0.1) is 0 Å². The Morgan fingerprint density at radius 3 is 2.79 bits per heavy atom. The highest BCUT2D eigenvalue weighted by molar-refractivity contribution is 5.95. The van der Waals surface area contributed by atoms with E-state index in [2.05, 4.69) is 15.3 Å². The fourth-order valence-electron chi connectivity index (χ4n) is 2.44. The van der Waals surface area contributed by atoms with Crippen molar-refractivity contribution in [2.75, 3.05) is 5.32 Å². The monoisotopic (exact) mass is 264 g/mol. The summed E-state index contributed by atoms with van der Waals surface area (Å²) in [5.74, 6) is -1.30. The fourth-order valence-corrected chi connectivity index (χ4v) is 2.44. The molecular weight excluding hydrogens is 248 g/mol. The van der Waals surface area contributed by atoms with Gasteiger partial charge < -0.3 is 16.2 Å². The van der Waals surface area contributed by atoms with Crippen molar-refractivity contribution in [2.45, 2.75) is 32.2 Å². The zero-order chi connectivity index (χ0) is 14.0. The highest BCUT2D eigenvalue weighted by atomic mass is 16.4. The van der Waals surface area contributed by atoms with Crippen molar-refractivity contribution in [3.63, 3.8) is 0 Å². The van der Waals surface area contributed by atoms with Gasteiger partial charge in [-0.2, -0.15) is 0 Å². The van der Waals surface area contributed by atoms with Crippen LogP contribution in [-0.4, -0.2) is 33.0 Å². The van der Waals surface area contributed by atoms with E-state index in [1.54, 1.807) is 6.92 Å². The average molecular weight is 264 g/mol. The molecule has 7 heteroatoms. The Morgan fingerprint density at radius 2 is 2.16 bits per heavy atom. The summed E-state index contributed by atoms with van der Waals surface area (Å²) in [5, 5.41) is 12.3. The first-order chi connectivity index (χ1) is 8.95. The van der Waals surface area contributed by atoms with Gasteiger partial charge in [0.1, 0.15) is 0 Å². The molecule has 1 aliphatic carbocycles. The lowest BCUT2D eigenvalue weighted by Crippen LogP contribution is -2.40. The molecule has 7 nitrogen and oxygen atoms in total. The number of nitrogens with two attached hydrogens (primary N) is 1. The third kappa shape index (κ3) is 2.35. The number of nitrogens with one attached hydrogen (secondary N) is 1. The van der Waals surface area contributed by atoms with Gasteiger partial charge >= 0.3 is 5.97 Å². The molecule has 2 unspecified atom stereocenters. The summed E-state index contributed by atoms with van der Waals surface area (Å²) in [6, 6.07) is -0.292. The van der Waals surface area contributed by atoms with Crippen molar-refractivity contribution in [1.82, 2.24) is 9.97 Å². The SMILES string of the molecule is CC1(C(=O)O)CCCC1Nc1nccnc1C(N)=O. The van der Waals surface area contributed by atoms with Crippen LogP contribution in [0.4, 0.5) is 5.82 Å². The standard InChI is InChI=1S/C12H16N4O3/c1-12(11(18)19)4-2-3-7(12)16-10-8(9(13)17)14-5-6-15-10/h5-7H,2-4H2,1H3,(H2,13,17)(H,15,16)(H,18,19). The number of aromatic nitrogens is 2. The number of rotatable bonds is 4.